The van der Waals surface area contributed by atoms with Crippen LogP contribution in [0.4, 0.5) is 0 Å². The fraction of sp³-hybridized carbons (Fsp3) is 0. The van der Waals surface area contributed by atoms with Gasteiger partial charge in [0.15, 0.2) is 0 Å². The second-order valence-electron chi connectivity index (χ2n) is 5.73. The third kappa shape index (κ3) is 2.97. The van der Waals surface area contributed by atoms with E-state index in [0.29, 0.717) is 5.89 Å². The van der Waals surface area contributed by atoms with Crippen molar-refractivity contribution in [3.8, 4) is 0 Å². The SMILES string of the molecule is C(c1ncco1)=P(c1ccccc1)(c1ccccc1)c1ccccc1. The normalized spacial score (nSPS) is 11.2. The van der Waals surface area contributed by atoms with Crippen LogP contribution in [-0.2, 0) is 0 Å². The van der Waals surface area contributed by atoms with E-state index in [-0.39, 0.29) is 0 Å². The summed E-state index contributed by atoms with van der Waals surface area (Å²) in [4.78, 5) is 4.38. The Morgan fingerprint density at radius 2 is 1.08 bits per heavy atom. The van der Waals surface area contributed by atoms with Crippen molar-refractivity contribution in [3.05, 3.63) is 109 Å². The van der Waals surface area contributed by atoms with Gasteiger partial charge in [0.05, 0.1) is 6.20 Å². The third-order valence-electron chi connectivity index (χ3n) is 4.25. The van der Waals surface area contributed by atoms with Gasteiger partial charge in [-0.1, -0.05) is 91.0 Å². The molecule has 1 aromatic heterocycles. The summed E-state index contributed by atoms with van der Waals surface area (Å²) in [5, 5.41) is 3.85. The maximum Gasteiger partial charge on any atom is 0.219 e. The van der Waals surface area contributed by atoms with E-state index in [1.807, 2.05) is 0 Å². The molecule has 0 fully saturated rings. The van der Waals surface area contributed by atoms with Crippen LogP contribution in [0, 0.1) is 0 Å². The third-order valence-corrected chi connectivity index (χ3v) is 8.19. The van der Waals surface area contributed by atoms with Gasteiger partial charge >= 0.3 is 0 Å². The Bertz CT molecular complexity index is 875. The Labute approximate surface area is 147 Å². The Kier molecular flexibility index (Phi) is 4.37. The van der Waals surface area contributed by atoms with Gasteiger partial charge in [0.25, 0.3) is 0 Å². The monoisotopic (exact) mass is 343 g/mol. The zero-order valence-electron chi connectivity index (χ0n) is 13.7. The standard InChI is InChI=1S/C22H18NOP/c1-4-10-19(11-5-1)25(18-22-23-16-17-24-22,20-12-6-2-7-13-20)21-14-8-3-9-15-21/h1-18H. The van der Waals surface area contributed by atoms with Crippen molar-refractivity contribution < 1.29 is 4.42 Å². The predicted molar refractivity (Wildman–Crippen MR) is 107 cm³/mol. The summed E-state index contributed by atoms with van der Waals surface area (Å²) < 4.78 is 5.61. The number of oxazole rings is 1. The maximum atomic E-state index is 5.61. The van der Waals surface area contributed by atoms with Crippen LogP contribution in [0.3, 0.4) is 0 Å². The molecule has 0 spiro atoms. The Hall–Kier alpha value is -2.83. The largest absolute Gasteiger partial charge is 0.445 e. The summed E-state index contributed by atoms with van der Waals surface area (Å²) in [7, 11) is 0. The molecule has 0 unspecified atom stereocenters. The quantitative estimate of drug-likeness (QED) is 0.527. The lowest BCUT2D eigenvalue weighted by Crippen LogP contribution is -2.27. The minimum Gasteiger partial charge on any atom is -0.445 e. The number of nitrogens with zero attached hydrogens (tertiary/aromatic N) is 1. The summed E-state index contributed by atoms with van der Waals surface area (Å²) in [5.41, 5.74) is 0. The van der Waals surface area contributed by atoms with Crippen LogP contribution < -0.4 is 15.9 Å². The number of hydrogen-bond donors (Lipinski definition) is 0. The first-order valence-corrected chi connectivity index (χ1v) is 10.1. The maximum absolute atomic E-state index is 5.61. The van der Waals surface area contributed by atoms with E-state index in [0.717, 1.165) is 0 Å². The highest BCUT2D eigenvalue weighted by Gasteiger charge is 2.25. The van der Waals surface area contributed by atoms with Gasteiger partial charge in [0.1, 0.15) is 6.26 Å². The summed E-state index contributed by atoms with van der Waals surface area (Å²) >= 11 is 0. The van der Waals surface area contributed by atoms with Crippen molar-refractivity contribution >= 4 is 28.6 Å². The minimum atomic E-state index is -2.02. The van der Waals surface area contributed by atoms with Gasteiger partial charge in [0, 0.05) is 5.80 Å². The molecule has 4 rings (SSSR count). The average Bonchev–Trinajstić information content (AvgIpc) is 3.21. The zero-order valence-corrected chi connectivity index (χ0v) is 14.6. The molecule has 0 aliphatic rings. The highest BCUT2D eigenvalue weighted by atomic mass is 31.2. The number of hydrogen-bond acceptors (Lipinski definition) is 2. The second kappa shape index (κ2) is 6.96. The molecule has 0 saturated heterocycles. The van der Waals surface area contributed by atoms with E-state index in [2.05, 4.69) is 102 Å². The molecule has 3 heteroatoms. The van der Waals surface area contributed by atoms with Crippen molar-refractivity contribution in [2.75, 3.05) is 0 Å². The van der Waals surface area contributed by atoms with Crippen molar-refractivity contribution in [3.63, 3.8) is 0 Å². The van der Waals surface area contributed by atoms with Crippen LogP contribution in [0.2, 0.25) is 0 Å². The molecule has 0 amide bonds. The van der Waals surface area contributed by atoms with Crippen LogP contribution in [-0.4, -0.2) is 10.8 Å². The van der Waals surface area contributed by atoms with Crippen molar-refractivity contribution in [2.45, 2.75) is 0 Å². The molecule has 0 saturated carbocycles. The lowest BCUT2D eigenvalue weighted by molar-refractivity contribution is 0.551. The molecule has 25 heavy (non-hydrogen) atoms. The Morgan fingerprint density at radius 1 is 0.640 bits per heavy atom. The van der Waals surface area contributed by atoms with E-state index >= 15 is 0 Å². The predicted octanol–water partition coefficient (Wildman–Crippen LogP) is 3.82. The minimum absolute atomic E-state index is 0.657. The first-order chi connectivity index (χ1) is 12.4. The fourth-order valence-electron chi connectivity index (χ4n) is 3.12. The van der Waals surface area contributed by atoms with E-state index in [4.69, 9.17) is 4.42 Å². The lowest BCUT2D eigenvalue weighted by Gasteiger charge is -2.28. The molecular formula is C22H18NOP. The number of benzene rings is 3. The highest BCUT2D eigenvalue weighted by molar-refractivity contribution is 7.94. The molecule has 0 atom stereocenters. The average molecular weight is 343 g/mol. The van der Waals surface area contributed by atoms with Crippen LogP contribution >= 0.6 is 6.89 Å². The molecule has 2 nitrogen and oxygen atoms in total. The summed E-state index contributed by atoms with van der Waals surface area (Å²) in [6.45, 7) is -2.02. The summed E-state index contributed by atoms with van der Waals surface area (Å²) in [5.74, 6) is 2.87. The first kappa shape index (κ1) is 15.7. The van der Waals surface area contributed by atoms with Crippen LogP contribution in [0.1, 0.15) is 5.89 Å². The molecule has 0 bridgehead atoms. The second-order valence-corrected chi connectivity index (χ2v) is 8.98. The molecule has 0 aliphatic heterocycles. The van der Waals surface area contributed by atoms with E-state index in [1.165, 1.54) is 15.9 Å². The van der Waals surface area contributed by atoms with Gasteiger partial charge < -0.3 is 4.42 Å². The first-order valence-electron chi connectivity index (χ1n) is 8.20. The molecule has 122 valence electrons. The zero-order chi connectivity index (χ0) is 17.0. The molecule has 1 heterocycles. The van der Waals surface area contributed by atoms with Gasteiger partial charge in [-0.25, -0.2) is 4.98 Å². The van der Waals surface area contributed by atoms with Gasteiger partial charge in [-0.2, -0.15) is 0 Å². The van der Waals surface area contributed by atoms with Crippen LogP contribution in [0.5, 0.6) is 0 Å². The molecule has 0 N–H and O–H groups in total. The van der Waals surface area contributed by atoms with Crippen molar-refractivity contribution in [1.29, 1.82) is 0 Å². The highest BCUT2D eigenvalue weighted by Crippen LogP contribution is 2.44. The van der Waals surface area contributed by atoms with Gasteiger partial charge in [-0.15, -0.1) is 0 Å². The molecular weight excluding hydrogens is 325 g/mol. The van der Waals surface area contributed by atoms with Gasteiger partial charge in [0.2, 0.25) is 5.89 Å². The van der Waals surface area contributed by atoms with Crippen molar-refractivity contribution in [2.24, 2.45) is 0 Å². The number of aromatic nitrogens is 1. The Balaban J connectivity index is 2.13. The topological polar surface area (TPSA) is 26.0 Å². The van der Waals surface area contributed by atoms with Gasteiger partial charge in [-0.3, -0.25) is 0 Å². The molecule has 0 radical (unpaired) electrons. The molecule has 4 aromatic rings. The molecule has 0 aliphatic carbocycles. The Morgan fingerprint density at radius 3 is 1.44 bits per heavy atom. The smallest absolute Gasteiger partial charge is 0.219 e. The molecule has 3 aromatic carbocycles. The number of rotatable bonds is 4. The van der Waals surface area contributed by atoms with E-state index in [1.54, 1.807) is 12.5 Å². The van der Waals surface area contributed by atoms with Crippen LogP contribution in [0.25, 0.3) is 0 Å². The van der Waals surface area contributed by atoms with Crippen molar-refractivity contribution in [1.82, 2.24) is 4.98 Å². The van der Waals surface area contributed by atoms with E-state index < -0.39 is 6.89 Å². The van der Waals surface area contributed by atoms with E-state index in [9.17, 15) is 0 Å². The van der Waals surface area contributed by atoms with Gasteiger partial charge in [-0.05, 0) is 22.8 Å². The summed E-state index contributed by atoms with van der Waals surface area (Å²) in [6, 6.07) is 32.0. The fourth-order valence-corrected chi connectivity index (χ4v) is 6.85. The lowest BCUT2D eigenvalue weighted by atomic mass is 10.4. The van der Waals surface area contributed by atoms with Crippen LogP contribution in [0.15, 0.2) is 108 Å². The summed E-state index contributed by atoms with van der Waals surface area (Å²) in [6.07, 6.45) is 3.32.